The molecule has 4 rings (SSSR count). The maximum Gasteiger partial charge on any atom is 0.414 e. The molecule has 3 heterocycles. The van der Waals surface area contributed by atoms with Crippen molar-refractivity contribution in [3.05, 3.63) is 46.8 Å². The van der Waals surface area contributed by atoms with Crippen molar-refractivity contribution in [2.24, 2.45) is 0 Å². The van der Waals surface area contributed by atoms with E-state index in [9.17, 15) is 9.59 Å². The highest BCUT2D eigenvalue weighted by molar-refractivity contribution is 5.94. The summed E-state index contributed by atoms with van der Waals surface area (Å²) in [6.45, 7) is 5.02. The fraction of sp³-hybridized carbons (Fsp3) is 0.389. The summed E-state index contributed by atoms with van der Waals surface area (Å²) in [5.74, 6) is 0.439. The monoisotopic (exact) mass is 341 g/mol. The lowest BCUT2D eigenvalue weighted by molar-refractivity contribution is 0.0724. The number of hydrogen-bond donors (Lipinski definition) is 0. The highest BCUT2D eigenvalue weighted by Gasteiger charge is 2.38. The second-order valence-electron chi connectivity index (χ2n) is 6.57. The standard InChI is InChI=1S/C18H19N3O4/c1-11-3-4-13-9-20(17(22)15-8-12(2)25-19-15)6-5-14-10-24-18(23)21(14)16(13)7-11/h3-4,7-8,14H,5-6,9-10H2,1-2H3. The Morgan fingerprint density at radius 1 is 1.28 bits per heavy atom. The molecular weight excluding hydrogens is 322 g/mol. The van der Waals surface area contributed by atoms with Gasteiger partial charge in [-0.15, -0.1) is 0 Å². The highest BCUT2D eigenvalue weighted by Crippen LogP contribution is 2.32. The number of aryl methyl sites for hydroxylation is 2. The Labute approximate surface area is 145 Å². The van der Waals surface area contributed by atoms with E-state index >= 15 is 0 Å². The Balaban J connectivity index is 1.71. The zero-order valence-corrected chi connectivity index (χ0v) is 14.2. The number of benzene rings is 1. The van der Waals surface area contributed by atoms with E-state index in [2.05, 4.69) is 5.16 Å². The fourth-order valence-electron chi connectivity index (χ4n) is 3.39. The Hall–Kier alpha value is -2.83. The van der Waals surface area contributed by atoms with Gasteiger partial charge in [0.25, 0.3) is 5.91 Å². The Kier molecular flexibility index (Phi) is 3.71. The van der Waals surface area contributed by atoms with E-state index < -0.39 is 0 Å². The van der Waals surface area contributed by atoms with E-state index in [1.54, 1.807) is 22.8 Å². The van der Waals surface area contributed by atoms with Gasteiger partial charge in [0.15, 0.2) is 5.69 Å². The molecule has 1 atom stereocenters. The molecule has 7 heteroatoms. The summed E-state index contributed by atoms with van der Waals surface area (Å²) in [7, 11) is 0. The van der Waals surface area contributed by atoms with Crippen molar-refractivity contribution < 1.29 is 18.8 Å². The molecular formula is C18H19N3O4. The van der Waals surface area contributed by atoms with E-state index in [0.29, 0.717) is 37.6 Å². The molecule has 25 heavy (non-hydrogen) atoms. The van der Waals surface area contributed by atoms with Crippen LogP contribution in [0.4, 0.5) is 10.5 Å². The maximum atomic E-state index is 12.8. The van der Waals surface area contributed by atoms with Crippen LogP contribution in [0.25, 0.3) is 0 Å². The van der Waals surface area contributed by atoms with Gasteiger partial charge in [0.05, 0.1) is 11.7 Å². The first-order valence-corrected chi connectivity index (χ1v) is 8.31. The van der Waals surface area contributed by atoms with Gasteiger partial charge >= 0.3 is 6.09 Å². The summed E-state index contributed by atoms with van der Waals surface area (Å²) in [5.41, 5.74) is 3.11. The number of aromatic nitrogens is 1. The molecule has 130 valence electrons. The fourth-order valence-corrected chi connectivity index (χ4v) is 3.39. The zero-order valence-electron chi connectivity index (χ0n) is 14.2. The van der Waals surface area contributed by atoms with Crippen LogP contribution in [0, 0.1) is 13.8 Å². The minimum Gasteiger partial charge on any atom is -0.447 e. The number of amides is 2. The van der Waals surface area contributed by atoms with Crippen molar-refractivity contribution >= 4 is 17.7 Å². The number of nitrogens with zero attached hydrogens (tertiary/aromatic N) is 3. The topological polar surface area (TPSA) is 75.9 Å². The summed E-state index contributed by atoms with van der Waals surface area (Å²) in [4.78, 5) is 28.5. The number of fused-ring (bicyclic) bond motifs is 3. The van der Waals surface area contributed by atoms with Gasteiger partial charge in [-0.1, -0.05) is 17.3 Å². The van der Waals surface area contributed by atoms with Gasteiger partial charge in [0.2, 0.25) is 0 Å². The first-order chi connectivity index (χ1) is 12.0. The predicted molar refractivity (Wildman–Crippen MR) is 89.4 cm³/mol. The SMILES string of the molecule is Cc1ccc2c(c1)N1C(=O)OCC1CCN(C(=O)c1cc(C)on1)C2. The van der Waals surface area contributed by atoms with Crippen LogP contribution in [0.3, 0.4) is 0 Å². The quantitative estimate of drug-likeness (QED) is 0.797. The highest BCUT2D eigenvalue weighted by atomic mass is 16.6. The van der Waals surface area contributed by atoms with Crippen molar-refractivity contribution in [1.82, 2.24) is 10.1 Å². The molecule has 1 fully saturated rings. The van der Waals surface area contributed by atoms with Crippen LogP contribution in [-0.4, -0.2) is 41.3 Å². The van der Waals surface area contributed by atoms with E-state index in [-0.39, 0.29) is 18.0 Å². The van der Waals surface area contributed by atoms with Crippen LogP contribution in [0.5, 0.6) is 0 Å². The number of hydrogen-bond acceptors (Lipinski definition) is 5. The van der Waals surface area contributed by atoms with Gasteiger partial charge in [-0.3, -0.25) is 9.69 Å². The lowest BCUT2D eigenvalue weighted by Crippen LogP contribution is -2.42. The third-order valence-electron chi connectivity index (χ3n) is 4.69. The van der Waals surface area contributed by atoms with Crippen LogP contribution < -0.4 is 4.90 Å². The van der Waals surface area contributed by atoms with Gasteiger partial charge < -0.3 is 14.2 Å². The molecule has 0 aliphatic carbocycles. The first-order valence-electron chi connectivity index (χ1n) is 8.31. The average Bonchev–Trinajstić information content (AvgIpc) is 3.16. The molecule has 0 N–H and O–H groups in total. The van der Waals surface area contributed by atoms with Crippen LogP contribution >= 0.6 is 0 Å². The van der Waals surface area contributed by atoms with Crippen LogP contribution in [-0.2, 0) is 11.3 Å². The molecule has 7 nitrogen and oxygen atoms in total. The number of carbonyl (C=O) groups excluding carboxylic acids is 2. The minimum absolute atomic E-state index is 0.0669. The lowest BCUT2D eigenvalue weighted by Gasteiger charge is -2.32. The van der Waals surface area contributed by atoms with Crippen molar-refractivity contribution in [1.29, 1.82) is 0 Å². The first kappa shape index (κ1) is 15.7. The third kappa shape index (κ3) is 2.75. The van der Waals surface area contributed by atoms with Crippen molar-refractivity contribution in [2.45, 2.75) is 32.9 Å². The van der Waals surface area contributed by atoms with Crippen molar-refractivity contribution in [2.75, 3.05) is 18.1 Å². The molecule has 1 saturated heterocycles. The Bertz CT molecular complexity index is 845. The number of cyclic esters (lactones) is 1. The smallest absolute Gasteiger partial charge is 0.414 e. The molecule has 0 saturated carbocycles. The Morgan fingerprint density at radius 3 is 2.88 bits per heavy atom. The van der Waals surface area contributed by atoms with Crippen LogP contribution in [0.1, 0.15) is 33.8 Å². The van der Waals surface area contributed by atoms with Gasteiger partial charge in [0.1, 0.15) is 12.4 Å². The lowest BCUT2D eigenvalue weighted by atomic mass is 10.0. The van der Waals surface area contributed by atoms with E-state index in [4.69, 9.17) is 9.26 Å². The van der Waals surface area contributed by atoms with Crippen LogP contribution in [0.15, 0.2) is 28.8 Å². The second kappa shape index (κ2) is 5.91. The summed E-state index contributed by atoms with van der Waals surface area (Å²) in [6, 6.07) is 7.50. The molecule has 0 bridgehead atoms. The van der Waals surface area contributed by atoms with Gasteiger partial charge in [-0.2, -0.15) is 0 Å². The van der Waals surface area contributed by atoms with Gasteiger partial charge in [0, 0.05) is 19.2 Å². The van der Waals surface area contributed by atoms with Crippen molar-refractivity contribution in [3.63, 3.8) is 0 Å². The summed E-state index contributed by atoms with van der Waals surface area (Å²) in [5, 5.41) is 3.84. The largest absolute Gasteiger partial charge is 0.447 e. The van der Waals surface area contributed by atoms with Gasteiger partial charge in [-0.05, 0) is 37.5 Å². The molecule has 2 aliphatic heterocycles. The molecule has 1 aromatic heterocycles. The number of rotatable bonds is 1. The van der Waals surface area contributed by atoms with E-state index in [1.807, 2.05) is 25.1 Å². The summed E-state index contributed by atoms with van der Waals surface area (Å²) in [6.07, 6.45) is 0.338. The summed E-state index contributed by atoms with van der Waals surface area (Å²) < 4.78 is 10.3. The van der Waals surface area contributed by atoms with Crippen LogP contribution in [0.2, 0.25) is 0 Å². The Morgan fingerprint density at radius 2 is 2.12 bits per heavy atom. The van der Waals surface area contributed by atoms with E-state index in [1.165, 1.54) is 0 Å². The normalized spacial score (nSPS) is 19.8. The van der Waals surface area contributed by atoms with E-state index in [0.717, 1.165) is 16.8 Å². The molecule has 2 aromatic rings. The average molecular weight is 341 g/mol. The molecule has 1 aromatic carbocycles. The van der Waals surface area contributed by atoms with Crippen molar-refractivity contribution in [3.8, 4) is 0 Å². The molecule has 0 radical (unpaired) electrons. The molecule has 2 amide bonds. The number of ether oxygens (including phenoxy) is 1. The zero-order chi connectivity index (χ0) is 17.6. The third-order valence-corrected chi connectivity index (χ3v) is 4.69. The number of carbonyl (C=O) groups is 2. The number of anilines is 1. The molecule has 2 aliphatic rings. The molecule has 0 spiro atoms. The predicted octanol–water partition coefficient (Wildman–Crippen LogP) is 2.66. The van der Waals surface area contributed by atoms with Gasteiger partial charge in [-0.25, -0.2) is 4.79 Å². The second-order valence-corrected chi connectivity index (χ2v) is 6.57. The molecule has 1 unspecified atom stereocenters. The maximum absolute atomic E-state index is 12.8. The minimum atomic E-state index is -0.316. The summed E-state index contributed by atoms with van der Waals surface area (Å²) >= 11 is 0.